The third kappa shape index (κ3) is 40.1. The van der Waals surface area contributed by atoms with Crippen LogP contribution in [0.3, 0.4) is 0 Å². The zero-order chi connectivity index (χ0) is 38.7. The van der Waals surface area contributed by atoms with E-state index in [1.54, 1.807) is 6.08 Å². The molecule has 53 heavy (non-hydrogen) atoms. The third-order valence-electron chi connectivity index (χ3n) is 10.6. The Hall–Kier alpha value is -1.43. The molecular formula is C48H91NO4. The Bertz CT molecular complexity index is 824. The molecule has 312 valence electrons. The van der Waals surface area contributed by atoms with Crippen LogP contribution in [0.25, 0.3) is 0 Å². The number of carbonyl (C=O) groups is 1. The van der Waals surface area contributed by atoms with Crippen molar-refractivity contribution in [3.8, 4) is 0 Å². The highest BCUT2D eigenvalue weighted by Gasteiger charge is 2.20. The van der Waals surface area contributed by atoms with Crippen LogP contribution in [0.4, 0.5) is 0 Å². The van der Waals surface area contributed by atoms with E-state index in [4.69, 9.17) is 0 Å². The number of allylic oxidation sites excluding steroid dienone is 5. The molecule has 0 aromatic rings. The van der Waals surface area contributed by atoms with Crippen LogP contribution in [-0.2, 0) is 4.79 Å². The van der Waals surface area contributed by atoms with Gasteiger partial charge in [-0.3, -0.25) is 4.79 Å². The van der Waals surface area contributed by atoms with Gasteiger partial charge in [-0.05, 0) is 57.8 Å². The van der Waals surface area contributed by atoms with Gasteiger partial charge in [-0.25, -0.2) is 0 Å². The summed E-state index contributed by atoms with van der Waals surface area (Å²) in [6, 6.07) is -0.763. The second-order valence-corrected chi connectivity index (χ2v) is 16.0. The van der Waals surface area contributed by atoms with E-state index in [0.29, 0.717) is 6.42 Å². The molecule has 0 aliphatic heterocycles. The number of nitrogens with one attached hydrogen (secondary N) is 1. The van der Waals surface area contributed by atoms with Crippen LogP contribution in [0.5, 0.6) is 0 Å². The molecule has 0 fully saturated rings. The molecule has 0 heterocycles. The number of amides is 1. The van der Waals surface area contributed by atoms with E-state index >= 15 is 0 Å². The Labute approximate surface area is 330 Å². The van der Waals surface area contributed by atoms with Crippen LogP contribution in [0.15, 0.2) is 36.5 Å². The van der Waals surface area contributed by atoms with Crippen molar-refractivity contribution in [2.75, 3.05) is 6.61 Å². The van der Waals surface area contributed by atoms with Gasteiger partial charge in [0.05, 0.1) is 31.3 Å². The SMILES string of the molecule is CCCCCCCCCCC/C=C\CCCCCCCC(O)CC(=O)NC(CO)C(O)/C=C/CC/C=C/CCCCCCCCCCCCCCCC. The number of hydrogen-bond acceptors (Lipinski definition) is 4. The fourth-order valence-corrected chi connectivity index (χ4v) is 7.06. The van der Waals surface area contributed by atoms with E-state index < -0.39 is 18.2 Å². The molecule has 4 N–H and O–H groups in total. The highest BCUT2D eigenvalue weighted by molar-refractivity contribution is 5.76. The Morgan fingerprint density at radius 3 is 1.21 bits per heavy atom. The highest BCUT2D eigenvalue weighted by Crippen LogP contribution is 2.15. The van der Waals surface area contributed by atoms with Crippen molar-refractivity contribution in [2.24, 2.45) is 0 Å². The van der Waals surface area contributed by atoms with E-state index in [9.17, 15) is 20.1 Å². The molecule has 0 aliphatic carbocycles. The molecule has 3 atom stereocenters. The van der Waals surface area contributed by atoms with Crippen LogP contribution in [-0.4, -0.2) is 46.1 Å². The maximum Gasteiger partial charge on any atom is 0.222 e. The molecular weight excluding hydrogens is 655 g/mol. The first-order valence-corrected chi connectivity index (χ1v) is 23.3. The van der Waals surface area contributed by atoms with Crippen molar-refractivity contribution in [1.29, 1.82) is 0 Å². The van der Waals surface area contributed by atoms with Gasteiger partial charge in [-0.15, -0.1) is 0 Å². The highest BCUT2D eigenvalue weighted by atomic mass is 16.3. The zero-order valence-electron chi connectivity index (χ0n) is 35.4. The average molecular weight is 746 g/mol. The summed E-state index contributed by atoms with van der Waals surface area (Å²) >= 11 is 0. The second-order valence-electron chi connectivity index (χ2n) is 16.0. The summed E-state index contributed by atoms with van der Waals surface area (Å²) in [5, 5.41) is 33.2. The summed E-state index contributed by atoms with van der Waals surface area (Å²) in [4.78, 5) is 12.4. The largest absolute Gasteiger partial charge is 0.394 e. The topological polar surface area (TPSA) is 89.8 Å². The first kappa shape index (κ1) is 51.6. The third-order valence-corrected chi connectivity index (χ3v) is 10.6. The fourth-order valence-electron chi connectivity index (χ4n) is 7.06. The summed E-state index contributed by atoms with van der Waals surface area (Å²) < 4.78 is 0. The number of hydrogen-bond donors (Lipinski definition) is 4. The quantitative estimate of drug-likeness (QED) is 0.0370. The van der Waals surface area contributed by atoms with Gasteiger partial charge in [0, 0.05) is 0 Å². The number of aliphatic hydroxyl groups is 3. The van der Waals surface area contributed by atoms with Crippen molar-refractivity contribution < 1.29 is 20.1 Å². The maximum atomic E-state index is 12.4. The maximum absolute atomic E-state index is 12.4. The summed E-state index contributed by atoms with van der Waals surface area (Å²) in [5.74, 6) is -0.329. The molecule has 3 unspecified atom stereocenters. The summed E-state index contributed by atoms with van der Waals surface area (Å²) in [6.45, 7) is 4.21. The number of carbonyl (C=O) groups excluding carboxylic acids is 1. The zero-order valence-corrected chi connectivity index (χ0v) is 35.4. The monoisotopic (exact) mass is 746 g/mol. The smallest absolute Gasteiger partial charge is 0.222 e. The molecule has 0 saturated carbocycles. The Morgan fingerprint density at radius 2 is 0.811 bits per heavy atom. The van der Waals surface area contributed by atoms with Crippen molar-refractivity contribution in [3.05, 3.63) is 36.5 Å². The normalized spacial score (nSPS) is 13.8. The Morgan fingerprint density at radius 1 is 0.472 bits per heavy atom. The lowest BCUT2D eigenvalue weighted by molar-refractivity contribution is -0.124. The summed E-state index contributed by atoms with van der Waals surface area (Å²) in [5.41, 5.74) is 0. The minimum atomic E-state index is -0.953. The molecule has 0 aromatic carbocycles. The van der Waals surface area contributed by atoms with Gasteiger partial charge < -0.3 is 20.6 Å². The number of rotatable bonds is 42. The molecule has 5 nitrogen and oxygen atoms in total. The van der Waals surface area contributed by atoms with Crippen LogP contribution in [0.1, 0.15) is 239 Å². The van der Waals surface area contributed by atoms with Crippen molar-refractivity contribution >= 4 is 5.91 Å². The van der Waals surface area contributed by atoms with Gasteiger partial charge in [-0.1, -0.05) is 211 Å². The van der Waals surface area contributed by atoms with Crippen LogP contribution in [0.2, 0.25) is 0 Å². The van der Waals surface area contributed by atoms with E-state index in [1.165, 1.54) is 167 Å². The first-order valence-electron chi connectivity index (χ1n) is 23.3. The first-order chi connectivity index (χ1) is 26.0. The van der Waals surface area contributed by atoms with Gasteiger partial charge in [-0.2, -0.15) is 0 Å². The fraction of sp³-hybridized carbons (Fsp3) is 0.854. The lowest BCUT2D eigenvalue weighted by atomic mass is 10.0. The predicted molar refractivity (Wildman–Crippen MR) is 231 cm³/mol. The molecule has 0 bridgehead atoms. The molecule has 0 spiro atoms. The standard InChI is InChI=1S/C48H91NO4/c1-3-5-7-9-11-13-15-17-19-21-23-24-26-28-30-32-34-36-38-40-42-47(52)46(44-50)49-48(53)43-45(51)41-39-37-35-33-31-29-27-25-22-20-18-16-14-12-10-8-6-4-2/h25,27,32,34,40,42,45-47,50-52H,3-24,26,28-31,33,35-39,41,43-44H2,1-2H3,(H,49,53)/b27-25-,34-32+,42-40+. The molecule has 0 radical (unpaired) electrons. The second kappa shape index (κ2) is 43.3. The predicted octanol–water partition coefficient (Wildman–Crippen LogP) is 13.5. The van der Waals surface area contributed by atoms with Gasteiger partial charge in [0.25, 0.3) is 0 Å². The molecule has 0 rings (SSSR count). The van der Waals surface area contributed by atoms with E-state index in [1.807, 2.05) is 6.08 Å². The molecule has 1 amide bonds. The van der Waals surface area contributed by atoms with E-state index in [-0.39, 0.29) is 18.9 Å². The van der Waals surface area contributed by atoms with Crippen molar-refractivity contribution in [3.63, 3.8) is 0 Å². The molecule has 0 aromatic heterocycles. The minimum absolute atomic E-state index is 0.000785. The van der Waals surface area contributed by atoms with Gasteiger partial charge in [0.1, 0.15) is 0 Å². The van der Waals surface area contributed by atoms with Crippen LogP contribution in [0, 0.1) is 0 Å². The number of aliphatic hydroxyl groups excluding tert-OH is 3. The number of unbranched alkanes of at least 4 members (excludes halogenated alkanes) is 29. The van der Waals surface area contributed by atoms with Crippen molar-refractivity contribution in [1.82, 2.24) is 5.32 Å². The Balaban J connectivity index is 3.70. The van der Waals surface area contributed by atoms with Crippen LogP contribution < -0.4 is 5.32 Å². The lowest BCUT2D eigenvalue weighted by Gasteiger charge is -2.20. The molecule has 0 saturated heterocycles. The van der Waals surface area contributed by atoms with E-state index in [2.05, 4.69) is 43.5 Å². The molecule has 5 heteroatoms. The lowest BCUT2D eigenvalue weighted by Crippen LogP contribution is -2.45. The molecule has 0 aliphatic rings. The van der Waals surface area contributed by atoms with Crippen LogP contribution >= 0.6 is 0 Å². The summed E-state index contributed by atoms with van der Waals surface area (Å²) in [7, 11) is 0. The van der Waals surface area contributed by atoms with Crippen molar-refractivity contribution in [2.45, 2.75) is 257 Å². The van der Waals surface area contributed by atoms with Gasteiger partial charge in [0.2, 0.25) is 5.91 Å². The Kier molecular flexibility index (Phi) is 42.1. The van der Waals surface area contributed by atoms with E-state index in [0.717, 1.165) is 44.9 Å². The van der Waals surface area contributed by atoms with Gasteiger partial charge in [0.15, 0.2) is 0 Å². The summed E-state index contributed by atoms with van der Waals surface area (Å²) in [6.07, 6.45) is 54.4. The van der Waals surface area contributed by atoms with Gasteiger partial charge >= 0.3 is 0 Å². The minimum Gasteiger partial charge on any atom is -0.394 e. The average Bonchev–Trinajstić information content (AvgIpc) is 3.15.